The third-order valence-electron chi connectivity index (χ3n) is 4.40. The van der Waals surface area contributed by atoms with Crippen LogP contribution in [0.2, 0.25) is 0 Å². The van der Waals surface area contributed by atoms with Gasteiger partial charge in [-0.05, 0) is 6.42 Å². The molecule has 0 spiro atoms. The highest BCUT2D eigenvalue weighted by atomic mass is 16.6. The molecule has 6 heteroatoms. The number of hydrogen-bond acceptors (Lipinski definition) is 5. The van der Waals surface area contributed by atoms with Gasteiger partial charge in [-0.25, -0.2) is 0 Å². The van der Waals surface area contributed by atoms with Crippen molar-refractivity contribution in [2.45, 2.75) is 25.0 Å². The van der Waals surface area contributed by atoms with E-state index in [9.17, 15) is 10.1 Å². The lowest BCUT2D eigenvalue weighted by Crippen LogP contribution is -2.51. The highest BCUT2D eigenvalue weighted by Crippen LogP contribution is 2.31. The topological polar surface area (TPSA) is 67.6 Å². The van der Waals surface area contributed by atoms with Gasteiger partial charge in [-0.1, -0.05) is 0 Å². The van der Waals surface area contributed by atoms with Crippen molar-refractivity contribution in [1.82, 2.24) is 10.2 Å². The first-order valence-corrected chi connectivity index (χ1v) is 6.42. The molecule has 0 amide bonds. The van der Waals surface area contributed by atoms with E-state index in [1.807, 2.05) is 0 Å². The number of likely N-dealkylation sites (tertiary alicyclic amines) is 1. The molecule has 0 aromatic heterocycles. The zero-order chi connectivity index (χ0) is 11.8. The summed E-state index contributed by atoms with van der Waals surface area (Å²) in [5.41, 5.74) is 0. The fourth-order valence-corrected chi connectivity index (χ4v) is 3.34. The first kappa shape index (κ1) is 11.4. The highest BCUT2D eigenvalue weighted by Gasteiger charge is 2.41. The molecule has 96 valence electrons. The summed E-state index contributed by atoms with van der Waals surface area (Å²) in [7, 11) is 0. The molecule has 2 unspecified atom stereocenters. The van der Waals surface area contributed by atoms with Crippen molar-refractivity contribution in [2.24, 2.45) is 11.8 Å². The van der Waals surface area contributed by atoms with Crippen LogP contribution >= 0.6 is 0 Å². The molecule has 3 fully saturated rings. The molecule has 3 rings (SSSR count). The van der Waals surface area contributed by atoms with E-state index >= 15 is 0 Å². The minimum Gasteiger partial charge on any atom is -0.381 e. The molecular weight excluding hydrogens is 222 g/mol. The summed E-state index contributed by atoms with van der Waals surface area (Å²) in [4.78, 5) is 13.0. The summed E-state index contributed by atoms with van der Waals surface area (Å²) in [5.74, 6) is 1.39. The summed E-state index contributed by atoms with van der Waals surface area (Å²) in [6.07, 6.45) is 1.07. The lowest BCUT2D eigenvalue weighted by atomic mass is 10.0. The minimum absolute atomic E-state index is 0.206. The summed E-state index contributed by atoms with van der Waals surface area (Å²) < 4.78 is 5.46. The zero-order valence-electron chi connectivity index (χ0n) is 9.88. The van der Waals surface area contributed by atoms with Gasteiger partial charge in [0.15, 0.2) is 0 Å². The van der Waals surface area contributed by atoms with Gasteiger partial charge in [0.1, 0.15) is 0 Å². The molecule has 0 saturated carbocycles. The standard InChI is InChI=1S/C11H19N3O3/c15-14(16)11-2-1-10(3-12-11)13-4-8-6-17-7-9(8)5-13/h8-12H,1-7H2/t8-,9+,10?,11?. The molecule has 0 aliphatic carbocycles. The summed E-state index contributed by atoms with van der Waals surface area (Å²) in [5, 5.41) is 13.7. The molecule has 4 atom stereocenters. The van der Waals surface area contributed by atoms with E-state index in [0.717, 1.165) is 39.3 Å². The van der Waals surface area contributed by atoms with Gasteiger partial charge in [-0.15, -0.1) is 0 Å². The minimum atomic E-state index is -0.531. The van der Waals surface area contributed by atoms with Gasteiger partial charge in [0, 0.05) is 48.9 Å². The second-order valence-corrected chi connectivity index (χ2v) is 5.45. The van der Waals surface area contributed by atoms with Crippen LogP contribution in [0, 0.1) is 22.0 Å². The van der Waals surface area contributed by atoms with E-state index < -0.39 is 6.17 Å². The number of hydrogen-bond donors (Lipinski definition) is 1. The highest BCUT2D eigenvalue weighted by molar-refractivity contribution is 4.92. The number of nitrogens with one attached hydrogen (secondary N) is 1. The number of nitro groups is 1. The molecule has 3 saturated heterocycles. The van der Waals surface area contributed by atoms with Crippen molar-refractivity contribution in [3.63, 3.8) is 0 Å². The van der Waals surface area contributed by atoms with E-state index in [4.69, 9.17) is 4.74 Å². The molecule has 17 heavy (non-hydrogen) atoms. The van der Waals surface area contributed by atoms with E-state index in [0.29, 0.717) is 24.3 Å². The number of nitrogens with zero attached hydrogens (tertiary/aromatic N) is 2. The van der Waals surface area contributed by atoms with Crippen molar-refractivity contribution in [2.75, 3.05) is 32.8 Å². The van der Waals surface area contributed by atoms with Crippen LogP contribution in [-0.2, 0) is 4.74 Å². The second-order valence-electron chi connectivity index (χ2n) is 5.45. The molecule has 6 nitrogen and oxygen atoms in total. The average Bonchev–Trinajstić information content (AvgIpc) is 2.89. The monoisotopic (exact) mass is 241 g/mol. The Morgan fingerprint density at radius 1 is 1.24 bits per heavy atom. The zero-order valence-corrected chi connectivity index (χ0v) is 9.88. The number of fused-ring (bicyclic) bond motifs is 1. The molecule has 0 bridgehead atoms. The summed E-state index contributed by atoms with van der Waals surface area (Å²) in [6.45, 7) is 4.78. The van der Waals surface area contributed by atoms with Crippen molar-refractivity contribution >= 4 is 0 Å². The lowest BCUT2D eigenvalue weighted by molar-refractivity contribution is -0.532. The molecule has 3 aliphatic heterocycles. The Labute approximate surface area is 100 Å². The molecule has 0 radical (unpaired) electrons. The Bertz CT molecular complexity index is 292. The Morgan fingerprint density at radius 2 is 1.94 bits per heavy atom. The van der Waals surface area contributed by atoms with E-state index in [-0.39, 0.29) is 4.92 Å². The third-order valence-corrected chi connectivity index (χ3v) is 4.40. The average molecular weight is 241 g/mol. The molecule has 0 aromatic rings. The predicted octanol–water partition coefficient (Wildman–Crippen LogP) is -0.0806. The summed E-state index contributed by atoms with van der Waals surface area (Å²) >= 11 is 0. The Balaban J connectivity index is 1.52. The largest absolute Gasteiger partial charge is 0.381 e. The van der Waals surface area contributed by atoms with Gasteiger partial charge in [-0.3, -0.25) is 20.3 Å². The van der Waals surface area contributed by atoms with Crippen molar-refractivity contribution in [3.05, 3.63) is 10.1 Å². The number of piperidine rings is 1. The third kappa shape index (κ3) is 2.17. The Kier molecular flexibility index (Phi) is 3.02. The number of rotatable bonds is 2. The molecule has 3 aliphatic rings. The quantitative estimate of drug-likeness (QED) is 0.541. The van der Waals surface area contributed by atoms with Crippen LogP contribution < -0.4 is 5.32 Å². The SMILES string of the molecule is O=[N+]([O-])C1CCC(N2C[C@H]3COC[C@H]3C2)CN1. The van der Waals surface area contributed by atoms with Crippen LogP contribution in [0.5, 0.6) is 0 Å². The van der Waals surface area contributed by atoms with Crippen molar-refractivity contribution < 1.29 is 9.66 Å². The maximum absolute atomic E-state index is 10.7. The van der Waals surface area contributed by atoms with Gasteiger partial charge >= 0.3 is 0 Å². The van der Waals surface area contributed by atoms with Gasteiger partial charge in [0.05, 0.1) is 13.2 Å². The predicted molar refractivity (Wildman–Crippen MR) is 61.2 cm³/mol. The maximum Gasteiger partial charge on any atom is 0.266 e. The second kappa shape index (κ2) is 4.51. The number of ether oxygens (including phenoxy) is 1. The van der Waals surface area contributed by atoms with Crippen LogP contribution in [0.3, 0.4) is 0 Å². The van der Waals surface area contributed by atoms with Crippen LogP contribution in [0.15, 0.2) is 0 Å². The van der Waals surface area contributed by atoms with Gasteiger partial charge in [-0.2, -0.15) is 0 Å². The molecule has 0 aromatic carbocycles. The molecule has 3 heterocycles. The summed E-state index contributed by atoms with van der Waals surface area (Å²) in [6, 6.07) is 0.483. The van der Waals surface area contributed by atoms with E-state index in [1.165, 1.54) is 0 Å². The van der Waals surface area contributed by atoms with Gasteiger partial charge < -0.3 is 4.74 Å². The fourth-order valence-electron chi connectivity index (χ4n) is 3.34. The van der Waals surface area contributed by atoms with Crippen LogP contribution in [-0.4, -0.2) is 54.9 Å². The molecular formula is C11H19N3O3. The normalized spacial score (nSPS) is 42.6. The van der Waals surface area contributed by atoms with E-state index in [1.54, 1.807) is 0 Å². The van der Waals surface area contributed by atoms with Gasteiger partial charge in [0.25, 0.3) is 6.17 Å². The van der Waals surface area contributed by atoms with Crippen LogP contribution in [0.1, 0.15) is 12.8 Å². The first-order valence-electron chi connectivity index (χ1n) is 6.42. The smallest absolute Gasteiger partial charge is 0.266 e. The van der Waals surface area contributed by atoms with Crippen LogP contribution in [0.25, 0.3) is 0 Å². The van der Waals surface area contributed by atoms with E-state index in [2.05, 4.69) is 10.2 Å². The van der Waals surface area contributed by atoms with Crippen molar-refractivity contribution in [1.29, 1.82) is 0 Å². The lowest BCUT2D eigenvalue weighted by Gasteiger charge is -2.32. The first-order chi connectivity index (χ1) is 8.24. The maximum atomic E-state index is 10.7. The Morgan fingerprint density at radius 3 is 2.47 bits per heavy atom. The fraction of sp³-hybridized carbons (Fsp3) is 1.00. The van der Waals surface area contributed by atoms with Crippen molar-refractivity contribution in [3.8, 4) is 0 Å². The van der Waals surface area contributed by atoms with Crippen LogP contribution in [0.4, 0.5) is 0 Å². The molecule has 1 N–H and O–H groups in total. The Hall–Kier alpha value is -0.720. The van der Waals surface area contributed by atoms with Gasteiger partial charge in [0.2, 0.25) is 0 Å².